The third-order valence-electron chi connectivity index (χ3n) is 1.93. The molecule has 0 unspecified atom stereocenters. The largest absolute Gasteiger partial charge is 0.464 e. The van der Waals surface area contributed by atoms with Crippen LogP contribution in [0.3, 0.4) is 0 Å². The second kappa shape index (κ2) is 5.15. The van der Waals surface area contributed by atoms with Gasteiger partial charge in [-0.05, 0) is 6.92 Å². The number of hydrogen-bond acceptors (Lipinski definition) is 7. The zero-order valence-electron chi connectivity index (χ0n) is 9.58. The van der Waals surface area contributed by atoms with E-state index in [0.29, 0.717) is 23.9 Å². The van der Waals surface area contributed by atoms with Gasteiger partial charge in [0.15, 0.2) is 5.82 Å². The van der Waals surface area contributed by atoms with Crippen LogP contribution in [0.5, 0.6) is 6.01 Å². The molecule has 2 heterocycles. The molecule has 7 heteroatoms. The molecule has 0 saturated heterocycles. The van der Waals surface area contributed by atoms with Gasteiger partial charge in [-0.25, -0.2) is 9.97 Å². The lowest BCUT2D eigenvalue weighted by Crippen LogP contribution is -2.05. The standard InChI is InChI=1S/C10H12N6O/c1-3-17-10-15-8(14-9(11-2)16-10)7-4-12-6-13-5-7/h4-6H,3H2,1-2H3,(H,11,14,15,16). The average molecular weight is 232 g/mol. The first-order valence-corrected chi connectivity index (χ1v) is 5.15. The number of aromatic nitrogens is 5. The third kappa shape index (κ3) is 2.63. The molecule has 0 saturated carbocycles. The van der Waals surface area contributed by atoms with Crippen LogP contribution in [-0.4, -0.2) is 38.6 Å². The lowest BCUT2D eigenvalue weighted by Gasteiger charge is -2.06. The highest BCUT2D eigenvalue weighted by Gasteiger charge is 2.08. The van der Waals surface area contributed by atoms with Crippen LogP contribution in [0.15, 0.2) is 18.7 Å². The molecule has 7 nitrogen and oxygen atoms in total. The van der Waals surface area contributed by atoms with E-state index in [1.807, 2.05) is 6.92 Å². The van der Waals surface area contributed by atoms with Gasteiger partial charge in [0.05, 0.1) is 12.2 Å². The normalized spacial score (nSPS) is 10.0. The Bertz CT molecular complexity index is 489. The maximum absolute atomic E-state index is 5.27. The van der Waals surface area contributed by atoms with Gasteiger partial charge in [-0.3, -0.25) is 0 Å². The van der Waals surface area contributed by atoms with Crippen molar-refractivity contribution in [3.8, 4) is 17.4 Å². The third-order valence-corrected chi connectivity index (χ3v) is 1.93. The molecule has 0 aliphatic carbocycles. The summed E-state index contributed by atoms with van der Waals surface area (Å²) in [5.74, 6) is 0.927. The second-order valence-electron chi connectivity index (χ2n) is 3.08. The van der Waals surface area contributed by atoms with Crippen molar-refractivity contribution in [1.29, 1.82) is 0 Å². The Morgan fingerprint density at radius 1 is 1.18 bits per heavy atom. The van der Waals surface area contributed by atoms with Crippen molar-refractivity contribution in [1.82, 2.24) is 24.9 Å². The van der Waals surface area contributed by atoms with E-state index in [1.165, 1.54) is 6.33 Å². The van der Waals surface area contributed by atoms with E-state index in [1.54, 1.807) is 19.4 Å². The van der Waals surface area contributed by atoms with Crippen LogP contribution in [0.25, 0.3) is 11.4 Å². The van der Waals surface area contributed by atoms with E-state index in [-0.39, 0.29) is 6.01 Å². The molecule has 17 heavy (non-hydrogen) atoms. The molecule has 88 valence electrons. The smallest absolute Gasteiger partial charge is 0.321 e. The van der Waals surface area contributed by atoms with Crippen molar-refractivity contribution in [2.45, 2.75) is 6.92 Å². The fraction of sp³-hybridized carbons (Fsp3) is 0.300. The molecule has 0 bridgehead atoms. The predicted octanol–water partition coefficient (Wildman–Crippen LogP) is 0.769. The van der Waals surface area contributed by atoms with Gasteiger partial charge in [0.1, 0.15) is 6.33 Å². The highest BCUT2D eigenvalue weighted by Crippen LogP contribution is 2.16. The lowest BCUT2D eigenvalue weighted by atomic mass is 10.3. The summed E-state index contributed by atoms with van der Waals surface area (Å²) in [6, 6.07) is 0.283. The number of hydrogen-bond donors (Lipinski definition) is 1. The molecule has 0 fully saturated rings. The highest BCUT2D eigenvalue weighted by atomic mass is 16.5. The van der Waals surface area contributed by atoms with Gasteiger partial charge >= 0.3 is 6.01 Å². The quantitative estimate of drug-likeness (QED) is 0.833. The minimum atomic E-state index is 0.283. The Hall–Kier alpha value is -2.31. The van der Waals surface area contributed by atoms with Crippen LogP contribution < -0.4 is 10.1 Å². The summed E-state index contributed by atoms with van der Waals surface area (Å²) in [7, 11) is 1.73. The number of nitrogens with one attached hydrogen (secondary N) is 1. The fourth-order valence-electron chi connectivity index (χ4n) is 1.21. The molecule has 1 N–H and O–H groups in total. The number of nitrogens with zero attached hydrogens (tertiary/aromatic N) is 5. The van der Waals surface area contributed by atoms with Crippen LogP contribution >= 0.6 is 0 Å². The van der Waals surface area contributed by atoms with Crippen molar-refractivity contribution in [2.75, 3.05) is 19.0 Å². The maximum atomic E-state index is 5.27. The molecule has 0 aliphatic heterocycles. The number of ether oxygens (including phenoxy) is 1. The fourth-order valence-corrected chi connectivity index (χ4v) is 1.21. The van der Waals surface area contributed by atoms with Gasteiger partial charge in [0, 0.05) is 19.4 Å². The molecule has 0 aromatic carbocycles. The number of anilines is 1. The summed E-state index contributed by atoms with van der Waals surface area (Å²) in [6.07, 6.45) is 4.72. The Balaban J connectivity index is 2.43. The van der Waals surface area contributed by atoms with E-state index < -0.39 is 0 Å². The van der Waals surface area contributed by atoms with Gasteiger partial charge in [-0.2, -0.15) is 15.0 Å². The molecule has 2 aromatic rings. The SMILES string of the molecule is CCOc1nc(NC)nc(-c2cncnc2)n1. The van der Waals surface area contributed by atoms with Gasteiger partial charge in [0.25, 0.3) is 0 Å². The second-order valence-corrected chi connectivity index (χ2v) is 3.08. The van der Waals surface area contributed by atoms with Gasteiger partial charge in [-0.1, -0.05) is 0 Å². The van der Waals surface area contributed by atoms with E-state index >= 15 is 0 Å². The van der Waals surface area contributed by atoms with Crippen molar-refractivity contribution < 1.29 is 4.74 Å². The molecular formula is C10H12N6O. The average Bonchev–Trinajstić information content (AvgIpc) is 2.40. The van der Waals surface area contributed by atoms with Crippen LogP contribution in [0, 0.1) is 0 Å². The van der Waals surface area contributed by atoms with E-state index in [0.717, 1.165) is 0 Å². The molecule has 0 spiro atoms. The minimum Gasteiger partial charge on any atom is -0.464 e. The topological polar surface area (TPSA) is 85.7 Å². The van der Waals surface area contributed by atoms with E-state index in [9.17, 15) is 0 Å². The van der Waals surface area contributed by atoms with Crippen molar-refractivity contribution in [3.63, 3.8) is 0 Å². The molecule has 0 aliphatic rings. The zero-order chi connectivity index (χ0) is 12.1. The Labute approximate surface area is 98.3 Å². The van der Waals surface area contributed by atoms with Crippen LogP contribution in [0.2, 0.25) is 0 Å². The first kappa shape index (κ1) is 11.2. The first-order chi connectivity index (χ1) is 8.33. The molecule has 2 aromatic heterocycles. The zero-order valence-corrected chi connectivity index (χ0v) is 9.58. The van der Waals surface area contributed by atoms with Gasteiger partial charge in [-0.15, -0.1) is 0 Å². The summed E-state index contributed by atoms with van der Waals surface area (Å²) in [5.41, 5.74) is 0.715. The highest BCUT2D eigenvalue weighted by molar-refractivity contribution is 5.53. The minimum absolute atomic E-state index is 0.283. The Kier molecular flexibility index (Phi) is 3.39. The molecule has 0 radical (unpaired) electrons. The molecule has 2 rings (SSSR count). The summed E-state index contributed by atoms with van der Waals surface area (Å²) < 4.78 is 5.27. The summed E-state index contributed by atoms with van der Waals surface area (Å²) in [4.78, 5) is 20.3. The van der Waals surface area contributed by atoms with Gasteiger partial charge in [0.2, 0.25) is 5.95 Å². The maximum Gasteiger partial charge on any atom is 0.321 e. The summed E-state index contributed by atoms with van der Waals surface area (Å²) in [5, 5.41) is 2.85. The summed E-state index contributed by atoms with van der Waals surface area (Å²) >= 11 is 0. The Morgan fingerprint density at radius 2 is 1.94 bits per heavy atom. The number of rotatable bonds is 4. The molecule has 0 atom stereocenters. The van der Waals surface area contributed by atoms with Crippen LogP contribution in [0.4, 0.5) is 5.95 Å². The van der Waals surface area contributed by atoms with E-state index in [2.05, 4.69) is 30.2 Å². The van der Waals surface area contributed by atoms with Crippen molar-refractivity contribution in [2.24, 2.45) is 0 Å². The monoisotopic (exact) mass is 232 g/mol. The van der Waals surface area contributed by atoms with Gasteiger partial charge < -0.3 is 10.1 Å². The van der Waals surface area contributed by atoms with Crippen molar-refractivity contribution in [3.05, 3.63) is 18.7 Å². The predicted molar refractivity (Wildman–Crippen MR) is 61.6 cm³/mol. The summed E-state index contributed by atoms with van der Waals surface area (Å²) in [6.45, 7) is 2.37. The van der Waals surface area contributed by atoms with Crippen LogP contribution in [-0.2, 0) is 0 Å². The molecular weight excluding hydrogens is 220 g/mol. The van der Waals surface area contributed by atoms with E-state index in [4.69, 9.17) is 4.74 Å². The van der Waals surface area contributed by atoms with Crippen LogP contribution in [0.1, 0.15) is 6.92 Å². The van der Waals surface area contributed by atoms with Crippen molar-refractivity contribution >= 4 is 5.95 Å². The molecule has 0 amide bonds. The first-order valence-electron chi connectivity index (χ1n) is 5.15. The Morgan fingerprint density at radius 3 is 2.59 bits per heavy atom. The lowest BCUT2D eigenvalue weighted by molar-refractivity contribution is 0.312.